The summed E-state index contributed by atoms with van der Waals surface area (Å²) >= 11 is 0. The smallest absolute Gasteiger partial charge is 0.288 e. The molecule has 0 spiro atoms. The number of piperazine rings is 1. The maximum absolute atomic E-state index is 13.5. The summed E-state index contributed by atoms with van der Waals surface area (Å²) in [5, 5.41) is 10.9. The van der Waals surface area contributed by atoms with Crippen LogP contribution in [0.1, 0.15) is 28.9 Å². The second kappa shape index (κ2) is 7.67. The number of carbonyl (C=O) groups excluding carboxylic acids is 1. The first-order valence-electron chi connectivity index (χ1n) is 8.55. The fraction of sp³-hybridized carbons (Fsp3) is 0.333. The maximum atomic E-state index is 13.5. The topological polar surface area (TPSA) is 106 Å². The summed E-state index contributed by atoms with van der Waals surface area (Å²) in [6.45, 7) is 4.52. The van der Waals surface area contributed by atoms with Crippen LogP contribution in [-0.4, -0.2) is 46.9 Å². The molecule has 1 saturated heterocycles. The zero-order valence-corrected chi connectivity index (χ0v) is 14.8. The number of primary amides is 1. The van der Waals surface area contributed by atoms with Crippen LogP contribution in [-0.2, 0) is 0 Å². The lowest BCUT2D eigenvalue weighted by Crippen LogP contribution is -2.48. The third-order valence-electron chi connectivity index (χ3n) is 4.82. The fourth-order valence-corrected chi connectivity index (χ4v) is 3.28. The minimum atomic E-state index is -0.753. The van der Waals surface area contributed by atoms with E-state index in [9.17, 15) is 19.3 Å². The number of benzene rings is 1. The molecule has 1 atom stereocenters. The molecule has 3 rings (SSSR count). The zero-order chi connectivity index (χ0) is 19.6. The molecule has 1 aliphatic heterocycles. The number of carbonyl (C=O) groups is 1. The molecule has 0 radical (unpaired) electrons. The van der Waals surface area contributed by atoms with Crippen molar-refractivity contribution in [2.75, 3.05) is 31.1 Å². The lowest BCUT2D eigenvalue weighted by Gasteiger charge is -2.39. The molecule has 0 aliphatic carbocycles. The minimum Gasteiger partial charge on any atom is -0.365 e. The predicted octanol–water partition coefficient (Wildman–Crippen LogP) is 2.11. The summed E-state index contributed by atoms with van der Waals surface area (Å²) in [5.74, 6) is -0.665. The molecule has 0 bridgehead atoms. The average Bonchev–Trinajstić information content (AvgIpc) is 2.67. The molecule has 8 nitrogen and oxygen atoms in total. The monoisotopic (exact) mass is 373 g/mol. The van der Waals surface area contributed by atoms with E-state index in [1.807, 2.05) is 17.9 Å². The van der Waals surface area contributed by atoms with Gasteiger partial charge in [-0.2, -0.15) is 0 Å². The van der Waals surface area contributed by atoms with Crippen molar-refractivity contribution in [2.24, 2.45) is 5.73 Å². The Kier molecular flexibility index (Phi) is 5.31. The van der Waals surface area contributed by atoms with Crippen molar-refractivity contribution in [1.82, 2.24) is 9.88 Å². The van der Waals surface area contributed by atoms with Gasteiger partial charge in [-0.15, -0.1) is 0 Å². The lowest BCUT2D eigenvalue weighted by molar-refractivity contribution is -0.385. The summed E-state index contributed by atoms with van der Waals surface area (Å²) in [5.41, 5.74) is 6.05. The number of nitro groups is 1. The molecule has 142 valence electrons. The number of nitrogens with two attached hydrogens (primary N) is 1. The summed E-state index contributed by atoms with van der Waals surface area (Å²) < 4.78 is 13.5. The highest BCUT2D eigenvalue weighted by molar-refractivity contribution is 5.98. The van der Waals surface area contributed by atoms with Crippen LogP contribution in [0.25, 0.3) is 0 Å². The Balaban J connectivity index is 1.74. The summed E-state index contributed by atoms with van der Waals surface area (Å²) in [6.07, 6.45) is 1.13. The van der Waals surface area contributed by atoms with Gasteiger partial charge in [-0.05, 0) is 24.6 Å². The van der Waals surface area contributed by atoms with E-state index in [1.165, 1.54) is 12.1 Å². The molecule has 2 aromatic rings. The summed E-state index contributed by atoms with van der Waals surface area (Å²) in [7, 11) is 0. The summed E-state index contributed by atoms with van der Waals surface area (Å²) in [4.78, 5) is 30.2. The van der Waals surface area contributed by atoms with E-state index in [4.69, 9.17) is 5.73 Å². The first kappa shape index (κ1) is 18.7. The molecule has 0 unspecified atom stereocenters. The first-order valence-corrected chi connectivity index (χ1v) is 8.55. The van der Waals surface area contributed by atoms with Crippen molar-refractivity contribution < 1.29 is 14.1 Å². The van der Waals surface area contributed by atoms with Gasteiger partial charge in [0.15, 0.2) is 0 Å². The van der Waals surface area contributed by atoms with Gasteiger partial charge in [-0.1, -0.05) is 12.1 Å². The van der Waals surface area contributed by atoms with Gasteiger partial charge in [-0.3, -0.25) is 19.8 Å². The largest absolute Gasteiger partial charge is 0.365 e. The molecule has 1 aromatic heterocycles. The van der Waals surface area contributed by atoms with E-state index in [-0.39, 0.29) is 23.1 Å². The molecular formula is C18H20FN5O3. The van der Waals surface area contributed by atoms with Gasteiger partial charge < -0.3 is 10.6 Å². The molecule has 2 N–H and O–H groups in total. The number of rotatable bonds is 5. The second-order valence-corrected chi connectivity index (χ2v) is 6.44. The van der Waals surface area contributed by atoms with Crippen LogP contribution in [0.5, 0.6) is 0 Å². The Hall–Kier alpha value is -3.07. The van der Waals surface area contributed by atoms with Gasteiger partial charge in [0.1, 0.15) is 17.8 Å². The van der Waals surface area contributed by atoms with Crippen LogP contribution < -0.4 is 10.6 Å². The van der Waals surface area contributed by atoms with Crippen LogP contribution in [0.3, 0.4) is 0 Å². The molecule has 1 fully saturated rings. The van der Waals surface area contributed by atoms with E-state index in [0.717, 1.165) is 17.8 Å². The SMILES string of the molecule is C[C@H](c1cccc(F)c1)N1CCN(c2ncc([N+](=O)[O-])cc2C(N)=O)CC1. The highest BCUT2D eigenvalue weighted by atomic mass is 19.1. The van der Waals surface area contributed by atoms with Crippen molar-refractivity contribution in [2.45, 2.75) is 13.0 Å². The van der Waals surface area contributed by atoms with Crippen molar-refractivity contribution in [3.05, 3.63) is 63.6 Å². The van der Waals surface area contributed by atoms with Gasteiger partial charge >= 0.3 is 0 Å². The maximum Gasteiger partial charge on any atom is 0.288 e. The Morgan fingerprint density at radius 2 is 2.00 bits per heavy atom. The fourth-order valence-electron chi connectivity index (χ4n) is 3.28. The molecule has 1 aliphatic rings. The number of halogens is 1. The van der Waals surface area contributed by atoms with Crippen LogP contribution >= 0.6 is 0 Å². The van der Waals surface area contributed by atoms with Gasteiger partial charge in [-0.25, -0.2) is 9.37 Å². The Morgan fingerprint density at radius 1 is 1.30 bits per heavy atom. The van der Waals surface area contributed by atoms with Crippen LogP contribution in [0.15, 0.2) is 36.5 Å². The highest BCUT2D eigenvalue weighted by Gasteiger charge is 2.26. The van der Waals surface area contributed by atoms with Gasteiger partial charge in [0.05, 0.1) is 10.5 Å². The van der Waals surface area contributed by atoms with Crippen LogP contribution in [0.4, 0.5) is 15.9 Å². The molecule has 2 heterocycles. The van der Waals surface area contributed by atoms with E-state index in [2.05, 4.69) is 9.88 Å². The molecule has 27 heavy (non-hydrogen) atoms. The first-order chi connectivity index (χ1) is 12.9. The van der Waals surface area contributed by atoms with E-state index in [0.29, 0.717) is 32.0 Å². The summed E-state index contributed by atoms with van der Waals surface area (Å²) in [6, 6.07) is 7.73. The van der Waals surface area contributed by atoms with Crippen molar-refractivity contribution in [1.29, 1.82) is 0 Å². The Labute approximate surface area is 155 Å². The quantitative estimate of drug-likeness (QED) is 0.636. The van der Waals surface area contributed by atoms with E-state index >= 15 is 0 Å². The lowest BCUT2D eigenvalue weighted by atomic mass is 10.1. The third kappa shape index (κ3) is 4.03. The van der Waals surface area contributed by atoms with Gasteiger partial charge in [0.25, 0.3) is 11.6 Å². The van der Waals surface area contributed by atoms with Gasteiger partial charge in [0.2, 0.25) is 0 Å². The number of anilines is 1. The van der Waals surface area contributed by atoms with Crippen molar-refractivity contribution in [3.63, 3.8) is 0 Å². The number of nitrogens with zero attached hydrogens (tertiary/aromatic N) is 4. The Bertz CT molecular complexity index is 868. The van der Waals surface area contributed by atoms with Crippen LogP contribution in [0.2, 0.25) is 0 Å². The molecular weight excluding hydrogens is 353 g/mol. The minimum absolute atomic E-state index is 0.0378. The number of pyridine rings is 1. The number of hydrogen-bond donors (Lipinski definition) is 1. The number of amides is 1. The Morgan fingerprint density at radius 3 is 2.59 bits per heavy atom. The molecule has 1 amide bonds. The van der Waals surface area contributed by atoms with Gasteiger partial charge in [0, 0.05) is 38.3 Å². The van der Waals surface area contributed by atoms with E-state index < -0.39 is 10.8 Å². The van der Waals surface area contributed by atoms with Crippen molar-refractivity contribution >= 4 is 17.4 Å². The standard InChI is InChI=1S/C18H20FN5O3/c1-12(13-3-2-4-14(19)9-13)22-5-7-23(8-6-22)18-16(17(20)25)10-15(11-21-18)24(26)27/h2-4,9-12H,5-8H2,1H3,(H2,20,25)/t12-/m1/s1. The van der Waals surface area contributed by atoms with Crippen LogP contribution in [0, 0.1) is 15.9 Å². The normalized spacial score (nSPS) is 16.1. The zero-order valence-electron chi connectivity index (χ0n) is 14.8. The average molecular weight is 373 g/mol. The molecule has 1 aromatic carbocycles. The number of aromatic nitrogens is 1. The predicted molar refractivity (Wildman–Crippen MR) is 98.0 cm³/mol. The highest BCUT2D eigenvalue weighted by Crippen LogP contribution is 2.26. The van der Waals surface area contributed by atoms with Crippen molar-refractivity contribution in [3.8, 4) is 0 Å². The van der Waals surface area contributed by atoms with E-state index in [1.54, 1.807) is 6.07 Å². The molecule has 0 saturated carbocycles. The second-order valence-electron chi connectivity index (χ2n) is 6.44. The number of hydrogen-bond acceptors (Lipinski definition) is 6. The third-order valence-corrected chi connectivity index (χ3v) is 4.82. The molecule has 9 heteroatoms.